The standard InChI is InChI=1S/C31H31N3O3/c1-21(36)16-31-27(17-24-8-10-25(11-9-24)30-7-5-4-6-26(30)18-32)19-34(23(3)33-31)28-12-14-29(15-13-28)37-22(2)20-35/h4-15,22,35H,16-17,19-20H2,1-3H3. The van der Waals surface area contributed by atoms with Gasteiger partial charge in [-0.3, -0.25) is 4.79 Å². The van der Waals surface area contributed by atoms with Gasteiger partial charge in [0, 0.05) is 18.7 Å². The van der Waals surface area contributed by atoms with Crippen molar-refractivity contribution < 1.29 is 14.6 Å². The maximum absolute atomic E-state index is 12.0. The van der Waals surface area contributed by atoms with Gasteiger partial charge in [-0.15, -0.1) is 0 Å². The number of hydrogen-bond donors (Lipinski definition) is 1. The zero-order valence-corrected chi connectivity index (χ0v) is 21.4. The third kappa shape index (κ3) is 6.32. The first-order valence-electron chi connectivity index (χ1n) is 12.4. The Hall–Kier alpha value is -4.21. The highest BCUT2D eigenvalue weighted by molar-refractivity contribution is 5.98. The highest BCUT2D eigenvalue weighted by atomic mass is 16.5. The zero-order chi connectivity index (χ0) is 26.4. The van der Waals surface area contributed by atoms with Gasteiger partial charge in [-0.25, -0.2) is 4.99 Å². The van der Waals surface area contributed by atoms with E-state index >= 15 is 0 Å². The highest BCUT2D eigenvalue weighted by Gasteiger charge is 2.22. The molecule has 0 saturated carbocycles. The summed E-state index contributed by atoms with van der Waals surface area (Å²) in [5.41, 5.74) is 6.58. The van der Waals surface area contributed by atoms with Crippen LogP contribution in [-0.2, 0) is 11.2 Å². The number of allylic oxidation sites excluding steroid dienone is 1. The van der Waals surface area contributed by atoms with E-state index in [9.17, 15) is 15.2 Å². The Morgan fingerprint density at radius 3 is 2.46 bits per heavy atom. The number of nitriles is 1. The Labute approximate surface area is 218 Å². The van der Waals surface area contributed by atoms with Crippen LogP contribution < -0.4 is 9.64 Å². The summed E-state index contributed by atoms with van der Waals surface area (Å²) in [6, 6.07) is 25.8. The fourth-order valence-corrected chi connectivity index (χ4v) is 4.42. The molecule has 3 aromatic rings. The number of nitrogens with zero attached hydrogens (tertiary/aromatic N) is 3. The fourth-order valence-electron chi connectivity index (χ4n) is 4.42. The van der Waals surface area contributed by atoms with Gasteiger partial charge in [0.05, 0.1) is 23.9 Å². The second-order valence-electron chi connectivity index (χ2n) is 9.31. The van der Waals surface area contributed by atoms with Gasteiger partial charge in [0.1, 0.15) is 23.5 Å². The van der Waals surface area contributed by atoms with Crippen LogP contribution in [0.25, 0.3) is 11.1 Å². The minimum absolute atomic E-state index is 0.0431. The molecule has 1 aliphatic rings. The van der Waals surface area contributed by atoms with Crippen LogP contribution in [0.2, 0.25) is 0 Å². The van der Waals surface area contributed by atoms with Gasteiger partial charge in [-0.2, -0.15) is 5.26 Å². The van der Waals surface area contributed by atoms with E-state index in [4.69, 9.17) is 9.73 Å². The molecule has 0 spiro atoms. The summed E-state index contributed by atoms with van der Waals surface area (Å²) >= 11 is 0. The third-order valence-corrected chi connectivity index (χ3v) is 6.33. The molecule has 0 radical (unpaired) electrons. The number of carbonyl (C=O) groups excluding carboxylic acids is 1. The summed E-state index contributed by atoms with van der Waals surface area (Å²) in [6.45, 7) is 5.95. The second-order valence-corrected chi connectivity index (χ2v) is 9.31. The molecule has 188 valence electrons. The number of ketones is 1. The van der Waals surface area contributed by atoms with Gasteiger partial charge in [0.2, 0.25) is 0 Å². The molecule has 37 heavy (non-hydrogen) atoms. The van der Waals surface area contributed by atoms with Crippen molar-refractivity contribution in [1.82, 2.24) is 0 Å². The van der Waals surface area contributed by atoms with Gasteiger partial charge in [0.15, 0.2) is 0 Å². The average molecular weight is 494 g/mol. The molecular weight excluding hydrogens is 462 g/mol. The van der Waals surface area contributed by atoms with Crippen LogP contribution in [0.4, 0.5) is 5.69 Å². The summed E-state index contributed by atoms with van der Waals surface area (Å²) < 4.78 is 5.69. The normalized spacial score (nSPS) is 14.1. The molecule has 0 amide bonds. The lowest BCUT2D eigenvalue weighted by atomic mass is 9.95. The number of amidine groups is 1. The van der Waals surface area contributed by atoms with Gasteiger partial charge < -0.3 is 14.7 Å². The first-order valence-corrected chi connectivity index (χ1v) is 12.4. The summed E-state index contributed by atoms with van der Waals surface area (Å²) in [7, 11) is 0. The number of aliphatic hydroxyl groups is 1. The molecule has 1 unspecified atom stereocenters. The van der Waals surface area contributed by atoms with Gasteiger partial charge in [0.25, 0.3) is 0 Å². The average Bonchev–Trinajstić information content (AvgIpc) is 2.90. The predicted molar refractivity (Wildman–Crippen MR) is 147 cm³/mol. The number of aliphatic imine (C=N–C) groups is 1. The van der Waals surface area contributed by atoms with Crippen molar-refractivity contribution in [2.24, 2.45) is 4.99 Å². The fraction of sp³-hybridized carbons (Fsp3) is 0.258. The molecule has 0 fully saturated rings. The Morgan fingerprint density at radius 1 is 1.11 bits per heavy atom. The molecule has 1 atom stereocenters. The first-order chi connectivity index (χ1) is 17.9. The zero-order valence-electron chi connectivity index (χ0n) is 21.4. The molecule has 3 aromatic carbocycles. The molecule has 6 heteroatoms. The van der Waals surface area contributed by atoms with E-state index in [1.165, 1.54) is 0 Å². The number of hydrogen-bond acceptors (Lipinski definition) is 6. The number of ether oxygens (including phenoxy) is 1. The van der Waals surface area contributed by atoms with E-state index in [0.717, 1.165) is 39.5 Å². The van der Waals surface area contributed by atoms with E-state index < -0.39 is 0 Å². The predicted octanol–water partition coefficient (Wildman–Crippen LogP) is 5.70. The van der Waals surface area contributed by atoms with Gasteiger partial charge >= 0.3 is 0 Å². The van der Waals surface area contributed by atoms with Crippen molar-refractivity contribution >= 4 is 17.3 Å². The molecule has 0 aromatic heterocycles. The lowest BCUT2D eigenvalue weighted by Gasteiger charge is -2.31. The SMILES string of the molecule is CC(=O)CC1=C(Cc2ccc(-c3ccccc3C#N)cc2)CN(c2ccc(OC(C)CO)cc2)C(C)=N1. The summed E-state index contributed by atoms with van der Waals surface area (Å²) in [6.07, 6.45) is 0.707. The van der Waals surface area contributed by atoms with Gasteiger partial charge in [-0.1, -0.05) is 42.5 Å². The number of rotatable bonds is 9. The van der Waals surface area contributed by atoms with Crippen LogP contribution in [0.15, 0.2) is 89.1 Å². The number of benzene rings is 3. The van der Waals surface area contributed by atoms with Crippen LogP contribution >= 0.6 is 0 Å². The third-order valence-electron chi connectivity index (χ3n) is 6.33. The molecule has 0 saturated heterocycles. The van der Waals surface area contributed by atoms with E-state index in [0.29, 0.717) is 30.7 Å². The van der Waals surface area contributed by atoms with E-state index in [1.54, 1.807) is 6.92 Å². The van der Waals surface area contributed by atoms with Crippen molar-refractivity contribution in [2.75, 3.05) is 18.1 Å². The minimum Gasteiger partial charge on any atom is -0.488 e. The van der Waals surface area contributed by atoms with Crippen molar-refractivity contribution in [3.63, 3.8) is 0 Å². The lowest BCUT2D eigenvalue weighted by Crippen LogP contribution is -2.35. The largest absolute Gasteiger partial charge is 0.488 e. The van der Waals surface area contributed by atoms with Crippen LogP contribution in [0.3, 0.4) is 0 Å². The topological polar surface area (TPSA) is 85.9 Å². The molecule has 4 rings (SSSR count). The highest BCUT2D eigenvalue weighted by Crippen LogP contribution is 2.29. The van der Waals surface area contributed by atoms with Crippen molar-refractivity contribution in [1.29, 1.82) is 5.26 Å². The molecule has 0 bridgehead atoms. The molecule has 6 nitrogen and oxygen atoms in total. The minimum atomic E-state index is -0.271. The van der Waals surface area contributed by atoms with Gasteiger partial charge in [-0.05, 0) is 79.8 Å². The van der Waals surface area contributed by atoms with Crippen LogP contribution in [0.1, 0.15) is 38.3 Å². The number of aliphatic hydroxyl groups excluding tert-OH is 1. The Kier molecular flexibility index (Phi) is 8.17. The van der Waals surface area contributed by atoms with Crippen molar-refractivity contribution in [3.8, 4) is 22.9 Å². The summed E-state index contributed by atoms with van der Waals surface area (Å²) in [4.78, 5) is 19.0. The van der Waals surface area contributed by atoms with Crippen LogP contribution in [0.5, 0.6) is 5.75 Å². The van der Waals surface area contributed by atoms with E-state index in [-0.39, 0.29) is 18.5 Å². The molecule has 1 aliphatic heterocycles. The maximum atomic E-state index is 12.0. The number of carbonyl (C=O) groups is 1. The van der Waals surface area contributed by atoms with Crippen LogP contribution in [-0.4, -0.2) is 36.0 Å². The Bertz CT molecular complexity index is 1370. The second kappa shape index (κ2) is 11.7. The first kappa shape index (κ1) is 25.9. The lowest BCUT2D eigenvalue weighted by molar-refractivity contribution is -0.116. The Morgan fingerprint density at radius 2 is 1.81 bits per heavy atom. The molecule has 0 aliphatic carbocycles. The number of Topliss-reactive ketones (excluding diaryl/α,β-unsaturated/α-hetero) is 1. The van der Waals surface area contributed by atoms with E-state index in [2.05, 4.69) is 23.1 Å². The number of anilines is 1. The molecular formula is C31H31N3O3. The monoisotopic (exact) mass is 493 g/mol. The quantitative estimate of drug-likeness (QED) is 0.413. The smallest absolute Gasteiger partial charge is 0.135 e. The summed E-state index contributed by atoms with van der Waals surface area (Å²) in [5.74, 6) is 1.62. The Balaban J connectivity index is 1.57. The molecule has 1 N–H and O–H groups in total. The summed E-state index contributed by atoms with van der Waals surface area (Å²) in [5, 5.41) is 18.7. The van der Waals surface area contributed by atoms with Crippen molar-refractivity contribution in [3.05, 3.63) is 95.2 Å². The maximum Gasteiger partial charge on any atom is 0.135 e. The molecule has 1 heterocycles. The van der Waals surface area contributed by atoms with E-state index in [1.807, 2.05) is 74.5 Å². The van der Waals surface area contributed by atoms with Crippen LogP contribution in [0, 0.1) is 11.3 Å². The van der Waals surface area contributed by atoms with Crippen molar-refractivity contribution in [2.45, 2.75) is 39.7 Å².